The molecule has 1 amide bonds. The summed E-state index contributed by atoms with van der Waals surface area (Å²) in [6, 6.07) is 21.1. The van der Waals surface area contributed by atoms with Gasteiger partial charge in [-0.3, -0.25) is 4.79 Å². The van der Waals surface area contributed by atoms with Crippen LogP contribution in [0, 0.1) is 5.41 Å². The molecule has 0 aromatic heterocycles. The van der Waals surface area contributed by atoms with Crippen molar-refractivity contribution in [3.8, 4) is 0 Å². The molecule has 1 saturated heterocycles. The molecule has 0 spiro atoms. The van der Waals surface area contributed by atoms with Crippen molar-refractivity contribution in [2.45, 2.75) is 39.2 Å². The maximum absolute atomic E-state index is 12.4. The van der Waals surface area contributed by atoms with Crippen LogP contribution in [0.15, 0.2) is 60.7 Å². The van der Waals surface area contributed by atoms with Gasteiger partial charge in [0.2, 0.25) is 5.91 Å². The largest absolute Gasteiger partial charge is 0.406 e. The maximum atomic E-state index is 12.4. The molecule has 1 fully saturated rings. The second-order valence-corrected chi connectivity index (χ2v) is 12.8. The van der Waals surface area contributed by atoms with Crippen molar-refractivity contribution >= 4 is 24.6 Å². The quantitative estimate of drug-likeness (QED) is 0.825. The van der Waals surface area contributed by atoms with Gasteiger partial charge in [0.15, 0.2) is 0 Å². The van der Waals surface area contributed by atoms with E-state index in [1.165, 1.54) is 10.4 Å². The highest BCUT2D eigenvalue weighted by Gasteiger charge is 2.52. The molecule has 3 rings (SSSR count). The number of carbonyl (C=O) groups is 1. The van der Waals surface area contributed by atoms with Gasteiger partial charge in [-0.2, -0.15) is 0 Å². The standard InChI is InChI=1S/C22H29NO2Si/c1-21(2,3)26(18-11-7-5-8-12-18,19-13-9-6-10-14-19)25-17-22(4)15-16-23-20(22)24/h5-14H,15-17H2,1-4H3,(H,23,24). The Balaban J connectivity index is 2.10. The first-order chi connectivity index (χ1) is 12.3. The number of hydrogen-bond acceptors (Lipinski definition) is 2. The van der Waals surface area contributed by atoms with E-state index >= 15 is 0 Å². The third-order valence-electron chi connectivity index (χ3n) is 5.53. The van der Waals surface area contributed by atoms with Crippen LogP contribution in [0.25, 0.3) is 0 Å². The molecule has 4 heteroatoms. The number of benzene rings is 2. The summed E-state index contributed by atoms with van der Waals surface area (Å²) in [5.74, 6) is 0.107. The molecule has 1 aliphatic rings. The van der Waals surface area contributed by atoms with Crippen molar-refractivity contribution in [2.75, 3.05) is 13.2 Å². The van der Waals surface area contributed by atoms with E-state index in [1.807, 2.05) is 19.1 Å². The lowest BCUT2D eigenvalue weighted by Gasteiger charge is -2.44. The molecule has 3 nitrogen and oxygen atoms in total. The van der Waals surface area contributed by atoms with Crippen molar-refractivity contribution in [1.82, 2.24) is 5.32 Å². The summed E-state index contributed by atoms with van der Waals surface area (Å²) in [5, 5.41) is 5.39. The Kier molecular flexibility index (Phi) is 5.09. The van der Waals surface area contributed by atoms with Gasteiger partial charge in [0.05, 0.1) is 5.41 Å². The molecule has 0 radical (unpaired) electrons. The molecule has 26 heavy (non-hydrogen) atoms. The fraction of sp³-hybridized carbons (Fsp3) is 0.409. The zero-order valence-corrected chi connectivity index (χ0v) is 17.2. The van der Waals surface area contributed by atoms with Gasteiger partial charge in [0.25, 0.3) is 8.32 Å². The Morgan fingerprint density at radius 3 is 1.88 bits per heavy atom. The average Bonchev–Trinajstić information content (AvgIpc) is 2.95. The number of carbonyl (C=O) groups excluding carboxylic acids is 1. The zero-order valence-electron chi connectivity index (χ0n) is 16.2. The maximum Gasteiger partial charge on any atom is 0.261 e. The summed E-state index contributed by atoms with van der Waals surface area (Å²) in [7, 11) is -2.57. The Labute approximate surface area is 157 Å². The molecule has 0 saturated carbocycles. The van der Waals surface area contributed by atoms with E-state index in [-0.39, 0.29) is 10.9 Å². The SMILES string of the molecule is CC1(CO[Si](c2ccccc2)(c2ccccc2)C(C)(C)C)CCNC1=O. The predicted octanol–water partition coefficient (Wildman–Crippen LogP) is 3.09. The Morgan fingerprint density at radius 2 is 1.50 bits per heavy atom. The molecule has 0 aliphatic carbocycles. The van der Waals surface area contributed by atoms with E-state index in [4.69, 9.17) is 4.43 Å². The molecule has 2 aromatic rings. The van der Waals surface area contributed by atoms with Crippen LogP contribution in [0.1, 0.15) is 34.1 Å². The van der Waals surface area contributed by atoms with Crippen LogP contribution in [0.3, 0.4) is 0 Å². The van der Waals surface area contributed by atoms with Crippen LogP contribution in [0.4, 0.5) is 0 Å². The molecule has 2 aromatic carbocycles. The van der Waals surface area contributed by atoms with E-state index in [0.29, 0.717) is 6.61 Å². The van der Waals surface area contributed by atoms with Crippen molar-refractivity contribution in [2.24, 2.45) is 5.41 Å². The van der Waals surface area contributed by atoms with Crippen LogP contribution in [-0.4, -0.2) is 27.4 Å². The minimum absolute atomic E-state index is 0.0683. The molecular weight excluding hydrogens is 338 g/mol. The third-order valence-corrected chi connectivity index (χ3v) is 10.5. The molecule has 1 unspecified atom stereocenters. The van der Waals surface area contributed by atoms with Crippen LogP contribution in [0.2, 0.25) is 5.04 Å². The lowest BCUT2D eigenvalue weighted by molar-refractivity contribution is -0.128. The van der Waals surface area contributed by atoms with E-state index < -0.39 is 13.7 Å². The molecule has 1 atom stereocenters. The van der Waals surface area contributed by atoms with Gasteiger partial charge in [0, 0.05) is 13.2 Å². The van der Waals surface area contributed by atoms with Crippen molar-refractivity contribution in [1.29, 1.82) is 0 Å². The van der Waals surface area contributed by atoms with Crippen LogP contribution in [-0.2, 0) is 9.22 Å². The number of rotatable bonds is 5. The lowest BCUT2D eigenvalue weighted by Crippen LogP contribution is -2.67. The number of nitrogens with one attached hydrogen (secondary N) is 1. The second-order valence-electron chi connectivity index (χ2n) is 8.52. The molecule has 0 bridgehead atoms. The summed E-state index contributed by atoms with van der Waals surface area (Å²) in [6.45, 7) is 9.99. The van der Waals surface area contributed by atoms with Gasteiger partial charge in [-0.1, -0.05) is 81.4 Å². The van der Waals surface area contributed by atoms with Gasteiger partial charge in [-0.05, 0) is 28.8 Å². The topological polar surface area (TPSA) is 38.3 Å². The Morgan fingerprint density at radius 1 is 1.00 bits per heavy atom. The summed E-state index contributed by atoms with van der Waals surface area (Å²) in [6.07, 6.45) is 0.823. The van der Waals surface area contributed by atoms with Crippen LogP contribution in [0.5, 0.6) is 0 Å². The highest BCUT2D eigenvalue weighted by Crippen LogP contribution is 2.38. The van der Waals surface area contributed by atoms with Crippen molar-refractivity contribution < 1.29 is 9.22 Å². The number of amides is 1. The van der Waals surface area contributed by atoms with Crippen LogP contribution < -0.4 is 15.7 Å². The first-order valence-corrected chi connectivity index (χ1v) is 11.2. The van der Waals surface area contributed by atoms with E-state index in [2.05, 4.69) is 74.6 Å². The number of hydrogen-bond donors (Lipinski definition) is 1. The first-order valence-electron chi connectivity index (χ1n) is 9.33. The molecular formula is C22H29NO2Si. The summed E-state index contributed by atoms with van der Waals surface area (Å²) >= 11 is 0. The van der Waals surface area contributed by atoms with Gasteiger partial charge in [-0.15, -0.1) is 0 Å². The van der Waals surface area contributed by atoms with Gasteiger partial charge < -0.3 is 9.74 Å². The Hall–Kier alpha value is -1.91. The predicted molar refractivity (Wildman–Crippen MR) is 109 cm³/mol. The third kappa shape index (κ3) is 3.24. The molecule has 1 N–H and O–H groups in total. The second kappa shape index (κ2) is 7.01. The van der Waals surface area contributed by atoms with E-state index in [0.717, 1.165) is 13.0 Å². The summed E-state index contributed by atoms with van der Waals surface area (Å²) < 4.78 is 6.90. The van der Waals surface area contributed by atoms with E-state index in [1.54, 1.807) is 0 Å². The fourth-order valence-electron chi connectivity index (χ4n) is 3.95. The monoisotopic (exact) mass is 367 g/mol. The minimum Gasteiger partial charge on any atom is -0.406 e. The minimum atomic E-state index is -2.57. The highest BCUT2D eigenvalue weighted by molar-refractivity contribution is 6.99. The Bertz CT molecular complexity index is 715. The average molecular weight is 368 g/mol. The fourth-order valence-corrected chi connectivity index (χ4v) is 8.64. The summed E-state index contributed by atoms with van der Waals surface area (Å²) in [5.41, 5.74) is -0.451. The lowest BCUT2D eigenvalue weighted by atomic mass is 9.90. The van der Waals surface area contributed by atoms with E-state index in [9.17, 15) is 4.79 Å². The van der Waals surface area contributed by atoms with Crippen molar-refractivity contribution in [3.05, 3.63) is 60.7 Å². The molecule has 138 valence electrons. The van der Waals surface area contributed by atoms with Gasteiger partial charge in [-0.25, -0.2) is 0 Å². The zero-order chi connectivity index (χ0) is 18.8. The molecule has 1 aliphatic heterocycles. The normalized spacial score (nSPS) is 20.8. The summed E-state index contributed by atoms with van der Waals surface area (Å²) in [4.78, 5) is 12.4. The van der Waals surface area contributed by atoms with Crippen LogP contribution >= 0.6 is 0 Å². The smallest absolute Gasteiger partial charge is 0.261 e. The first kappa shape index (κ1) is 18.9. The van der Waals surface area contributed by atoms with Gasteiger partial charge in [0.1, 0.15) is 0 Å². The molecule has 1 heterocycles. The van der Waals surface area contributed by atoms with Crippen molar-refractivity contribution in [3.63, 3.8) is 0 Å². The van der Waals surface area contributed by atoms with Gasteiger partial charge >= 0.3 is 0 Å². The highest BCUT2D eigenvalue weighted by atomic mass is 28.4.